The van der Waals surface area contributed by atoms with Crippen LogP contribution in [0.4, 0.5) is 0 Å². The Morgan fingerprint density at radius 2 is 1.85 bits per heavy atom. The van der Waals surface area contributed by atoms with Gasteiger partial charge in [-0.1, -0.05) is 30.3 Å². The summed E-state index contributed by atoms with van der Waals surface area (Å²) in [6.45, 7) is 3.26. The molecule has 0 radical (unpaired) electrons. The Kier molecular flexibility index (Phi) is 7.83. The van der Waals surface area contributed by atoms with E-state index in [1.807, 2.05) is 54.3 Å². The minimum absolute atomic E-state index is 0. The highest BCUT2D eigenvalue weighted by Crippen LogP contribution is 2.17. The Morgan fingerprint density at radius 1 is 1.19 bits per heavy atom. The lowest BCUT2D eigenvalue weighted by atomic mass is 10.0. The molecule has 2 heterocycles. The van der Waals surface area contributed by atoms with Gasteiger partial charge in [0.25, 0.3) is 5.91 Å². The van der Waals surface area contributed by atoms with Crippen LogP contribution < -0.4 is 11.1 Å². The quantitative estimate of drug-likeness (QED) is 0.800. The average molecular weight is 408 g/mol. The number of aryl methyl sites for hydroxylation is 1. The second-order valence-electron chi connectivity index (χ2n) is 6.78. The third-order valence-corrected chi connectivity index (χ3v) is 5.72. The second-order valence-corrected chi connectivity index (χ2v) is 8.07. The van der Waals surface area contributed by atoms with Gasteiger partial charge in [0.2, 0.25) is 5.91 Å². The third-order valence-electron chi connectivity index (χ3n) is 4.72. The second kappa shape index (κ2) is 9.88. The van der Waals surface area contributed by atoms with Crippen molar-refractivity contribution in [2.75, 3.05) is 13.1 Å². The van der Waals surface area contributed by atoms with Gasteiger partial charge in [0, 0.05) is 24.0 Å². The molecule has 0 aliphatic carbocycles. The molecule has 3 rings (SSSR count). The molecule has 2 aromatic rings. The monoisotopic (exact) mass is 407 g/mol. The van der Waals surface area contributed by atoms with Crippen LogP contribution in [-0.2, 0) is 11.2 Å². The number of likely N-dealkylation sites (tertiary alicyclic amines) is 1. The van der Waals surface area contributed by atoms with Crippen molar-refractivity contribution in [3.05, 3.63) is 57.8 Å². The topological polar surface area (TPSA) is 75.4 Å². The summed E-state index contributed by atoms with van der Waals surface area (Å²) in [5.74, 6) is -0.0267. The number of hydrogen-bond donors (Lipinski definition) is 2. The van der Waals surface area contributed by atoms with E-state index in [-0.39, 0.29) is 30.3 Å². The molecular weight excluding hydrogens is 382 g/mol. The average Bonchev–Trinajstić information content (AvgIpc) is 3.09. The molecule has 3 N–H and O–H groups in total. The molecule has 146 valence electrons. The molecule has 7 heteroatoms. The minimum atomic E-state index is -0.516. The van der Waals surface area contributed by atoms with E-state index in [4.69, 9.17) is 5.73 Å². The lowest BCUT2D eigenvalue weighted by Crippen LogP contribution is -2.51. The molecular formula is C20H26ClN3O2S. The van der Waals surface area contributed by atoms with Gasteiger partial charge in [0.05, 0.1) is 10.9 Å². The number of nitrogens with two attached hydrogens (primary N) is 1. The summed E-state index contributed by atoms with van der Waals surface area (Å²) in [6, 6.07) is 13.2. The predicted octanol–water partition coefficient (Wildman–Crippen LogP) is 2.77. The van der Waals surface area contributed by atoms with Crippen molar-refractivity contribution in [3.8, 4) is 0 Å². The van der Waals surface area contributed by atoms with Gasteiger partial charge in [-0.25, -0.2) is 0 Å². The molecule has 1 aliphatic heterocycles. The number of carbonyl (C=O) groups is 2. The fraction of sp³-hybridized carbons (Fsp3) is 0.400. The van der Waals surface area contributed by atoms with Crippen LogP contribution in [0.2, 0.25) is 0 Å². The molecule has 0 unspecified atom stereocenters. The number of halogens is 1. The number of nitrogens with one attached hydrogen (secondary N) is 1. The van der Waals surface area contributed by atoms with Crippen LogP contribution >= 0.6 is 23.7 Å². The van der Waals surface area contributed by atoms with E-state index >= 15 is 0 Å². The predicted molar refractivity (Wildman–Crippen MR) is 111 cm³/mol. The van der Waals surface area contributed by atoms with Gasteiger partial charge in [-0.3, -0.25) is 9.59 Å². The van der Waals surface area contributed by atoms with Crippen molar-refractivity contribution in [3.63, 3.8) is 0 Å². The van der Waals surface area contributed by atoms with Gasteiger partial charge in [-0.2, -0.15) is 0 Å². The molecule has 5 nitrogen and oxygen atoms in total. The minimum Gasteiger partial charge on any atom is -0.348 e. The van der Waals surface area contributed by atoms with E-state index in [1.54, 1.807) is 0 Å². The third kappa shape index (κ3) is 5.79. The van der Waals surface area contributed by atoms with Crippen molar-refractivity contribution in [2.45, 2.75) is 38.3 Å². The van der Waals surface area contributed by atoms with Crippen molar-refractivity contribution < 1.29 is 9.59 Å². The van der Waals surface area contributed by atoms with Gasteiger partial charge >= 0.3 is 0 Å². The summed E-state index contributed by atoms with van der Waals surface area (Å²) >= 11 is 1.50. The maximum atomic E-state index is 12.6. The van der Waals surface area contributed by atoms with Crippen molar-refractivity contribution in [1.82, 2.24) is 10.2 Å². The zero-order valence-electron chi connectivity index (χ0n) is 15.4. The van der Waals surface area contributed by atoms with Gasteiger partial charge in [-0.15, -0.1) is 23.7 Å². The fourth-order valence-electron chi connectivity index (χ4n) is 3.25. The van der Waals surface area contributed by atoms with Crippen LogP contribution in [0.1, 0.15) is 33.0 Å². The molecule has 1 aromatic heterocycles. The lowest BCUT2D eigenvalue weighted by Gasteiger charge is -2.33. The number of carbonyl (C=O) groups excluding carboxylic acids is 2. The summed E-state index contributed by atoms with van der Waals surface area (Å²) < 4.78 is 0. The fourth-order valence-corrected chi connectivity index (χ4v) is 4.02. The van der Waals surface area contributed by atoms with E-state index in [1.165, 1.54) is 11.3 Å². The molecule has 0 bridgehead atoms. The van der Waals surface area contributed by atoms with Crippen LogP contribution in [0.15, 0.2) is 42.5 Å². The molecule has 1 fully saturated rings. The van der Waals surface area contributed by atoms with Crippen molar-refractivity contribution in [1.29, 1.82) is 0 Å². The van der Waals surface area contributed by atoms with E-state index in [0.717, 1.165) is 28.2 Å². The standard InChI is InChI=1S/C20H25N3O2S.ClH/c1-14-7-8-18(26-14)19(24)22-16-9-11-23(12-10-16)20(25)17(21)13-15-5-3-2-4-6-15;/h2-8,16-17H,9-13,21H2,1H3,(H,22,24);1H/t17-;/m0./s1. The number of amides is 2. The van der Waals surface area contributed by atoms with E-state index in [2.05, 4.69) is 5.32 Å². The van der Waals surface area contributed by atoms with Crippen molar-refractivity contribution >= 4 is 35.6 Å². The van der Waals surface area contributed by atoms with Crippen LogP contribution in [0.5, 0.6) is 0 Å². The number of benzene rings is 1. The van der Waals surface area contributed by atoms with Crippen molar-refractivity contribution in [2.24, 2.45) is 5.73 Å². The summed E-state index contributed by atoms with van der Waals surface area (Å²) in [4.78, 5) is 28.5. The maximum Gasteiger partial charge on any atom is 0.261 e. The largest absolute Gasteiger partial charge is 0.348 e. The Morgan fingerprint density at radius 3 is 2.44 bits per heavy atom. The van der Waals surface area contributed by atoms with Crippen LogP contribution in [0.25, 0.3) is 0 Å². The lowest BCUT2D eigenvalue weighted by molar-refractivity contribution is -0.133. The van der Waals surface area contributed by atoms with Gasteiger partial charge in [-0.05, 0) is 43.9 Å². The van der Waals surface area contributed by atoms with Gasteiger partial charge < -0.3 is 16.0 Å². The normalized spacial score (nSPS) is 15.7. The molecule has 27 heavy (non-hydrogen) atoms. The first-order valence-electron chi connectivity index (χ1n) is 8.98. The maximum absolute atomic E-state index is 12.6. The number of rotatable bonds is 5. The molecule has 1 atom stereocenters. The van der Waals surface area contributed by atoms with Crippen LogP contribution in [0, 0.1) is 6.92 Å². The number of thiophene rings is 1. The number of piperidine rings is 1. The van der Waals surface area contributed by atoms with Crippen LogP contribution in [-0.4, -0.2) is 41.9 Å². The zero-order valence-corrected chi connectivity index (χ0v) is 17.0. The molecule has 1 saturated heterocycles. The van der Waals surface area contributed by atoms with Gasteiger partial charge in [0.15, 0.2) is 0 Å². The smallest absolute Gasteiger partial charge is 0.261 e. The summed E-state index contributed by atoms with van der Waals surface area (Å²) in [7, 11) is 0. The Hall–Kier alpha value is -1.89. The first-order chi connectivity index (χ1) is 12.5. The summed E-state index contributed by atoms with van der Waals surface area (Å²) in [5, 5.41) is 3.08. The molecule has 2 amide bonds. The Balaban J connectivity index is 0.00000261. The molecule has 1 aromatic carbocycles. The highest BCUT2D eigenvalue weighted by atomic mass is 35.5. The number of nitrogens with zero attached hydrogens (tertiary/aromatic N) is 1. The molecule has 1 aliphatic rings. The Bertz CT molecular complexity index is 758. The van der Waals surface area contributed by atoms with Gasteiger partial charge in [0.1, 0.15) is 0 Å². The molecule has 0 spiro atoms. The summed E-state index contributed by atoms with van der Waals surface area (Å²) in [5.41, 5.74) is 7.19. The Labute approximate surface area is 170 Å². The van der Waals surface area contributed by atoms with E-state index in [0.29, 0.717) is 19.5 Å². The van der Waals surface area contributed by atoms with E-state index in [9.17, 15) is 9.59 Å². The SMILES string of the molecule is Cc1ccc(C(=O)NC2CCN(C(=O)[C@@H](N)Cc3ccccc3)CC2)s1.Cl. The zero-order chi connectivity index (χ0) is 18.5. The first-order valence-corrected chi connectivity index (χ1v) is 9.80. The number of hydrogen-bond acceptors (Lipinski definition) is 4. The summed E-state index contributed by atoms with van der Waals surface area (Å²) in [6.07, 6.45) is 2.08. The molecule has 0 saturated carbocycles. The van der Waals surface area contributed by atoms with Crippen LogP contribution in [0.3, 0.4) is 0 Å². The first kappa shape index (κ1) is 21.4. The highest BCUT2D eigenvalue weighted by molar-refractivity contribution is 7.13. The highest BCUT2D eigenvalue weighted by Gasteiger charge is 2.27. The van der Waals surface area contributed by atoms with E-state index < -0.39 is 6.04 Å².